The van der Waals surface area contributed by atoms with Crippen molar-refractivity contribution in [3.8, 4) is 11.4 Å². The van der Waals surface area contributed by atoms with E-state index in [-0.39, 0.29) is 11.4 Å². The Hall–Kier alpha value is -5.60. The van der Waals surface area contributed by atoms with E-state index >= 15 is 0 Å². The largest absolute Gasteiger partial charge is 0.354 e. The molecule has 0 aliphatic rings. The lowest BCUT2D eigenvalue weighted by Crippen LogP contribution is -1.90. The Morgan fingerprint density at radius 2 is 1.56 bits per heavy atom. The zero-order valence-electron chi connectivity index (χ0n) is 18.9. The van der Waals surface area contributed by atoms with Gasteiger partial charge < -0.3 is 4.98 Å². The van der Waals surface area contributed by atoms with Gasteiger partial charge in [0.15, 0.2) is 11.4 Å². The second-order valence-corrected chi connectivity index (χ2v) is 7.48. The van der Waals surface area contributed by atoms with Gasteiger partial charge in [0.25, 0.3) is 5.69 Å². The van der Waals surface area contributed by atoms with Crippen LogP contribution in [0.1, 0.15) is 11.3 Å². The second-order valence-electron chi connectivity index (χ2n) is 7.48. The summed E-state index contributed by atoms with van der Waals surface area (Å²) in [5, 5.41) is 12.0. The van der Waals surface area contributed by atoms with E-state index in [0.29, 0.717) is 16.9 Å². The topological polar surface area (TPSA) is 93.4 Å². The normalized spacial score (nSPS) is 10.3. The van der Waals surface area contributed by atoms with Crippen LogP contribution < -0.4 is 0 Å². The van der Waals surface area contributed by atoms with Gasteiger partial charge in [0.2, 0.25) is 0 Å². The van der Waals surface area contributed by atoms with Crippen molar-refractivity contribution in [2.24, 2.45) is 0 Å². The van der Waals surface area contributed by atoms with Gasteiger partial charge in [-0.15, -0.1) is 0 Å². The number of hydrogen-bond acceptors (Lipinski definition) is 4. The second kappa shape index (κ2) is 11.0. The van der Waals surface area contributed by atoms with Crippen molar-refractivity contribution in [1.29, 1.82) is 0 Å². The standard InChI is InChI=1S/C14H9N3O2.C14H9N3/c1-15-13-8-6-11(14(10-13)17(18)19)5-7-12-4-2-3-9-16-12;1-15-11-6-5-10-8-14(17-13(10)9-11)12-4-2-3-7-16-12/h2-10H;2-9,17H/b7-5+;. The molecule has 0 amide bonds. The van der Waals surface area contributed by atoms with E-state index in [1.54, 1.807) is 48.8 Å². The fraction of sp³-hybridized carbons (Fsp3) is 0. The maximum atomic E-state index is 11.0. The van der Waals surface area contributed by atoms with Crippen molar-refractivity contribution in [3.05, 3.63) is 135 Å². The molecule has 5 aromatic rings. The maximum absolute atomic E-state index is 11.0. The van der Waals surface area contributed by atoms with E-state index in [9.17, 15) is 10.1 Å². The molecule has 3 heterocycles. The zero-order valence-corrected chi connectivity index (χ0v) is 18.9. The molecule has 8 nitrogen and oxygen atoms in total. The molecular formula is C28H18N6O2. The third-order valence-corrected chi connectivity index (χ3v) is 5.14. The van der Waals surface area contributed by atoms with Gasteiger partial charge in [0.05, 0.1) is 35.1 Å². The molecule has 0 radical (unpaired) electrons. The van der Waals surface area contributed by atoms with Crippen LogP contribution in [0, 0.1) is 23.3 Å². The monoisotopic (exact) mass is 470 g/mol. The van der Waals surface area contributed by atoms with Crippen molar-refractivity contribution in [3.63, 3.8) is 0 Å². The van der Waals surface area contributed by atoms with Gasteiger partial charge in [-0.1, -0.05) is 36.4 Å². The van der Waals surface area contributed by atoms with E-state index in [0.717, 1.165) is 22.3 Å². The molecule has 172 valence electrons. The average Bonchev–Trinajstić information content (AvgIpc) is 3.36. The number of nitrogens with one attached hydrogen (secondary N) is 1. The Balaban J connectivity index is 0.000000170. The first-order chi connectivity index (χ1) is 17.6. The molecule has 1 N–H and O–H groups in total. The summed E-state index contributed by atoms with van der Waals surface area (Å²) in [6, 6.07) is 23.3. The predicted molar refractivity (Wildman–Crippen MR) is 140 cm³/mol. The Kier molecular flexibility index (Phi) is 7.21. The van der Waals surface area contributed by atoms with Crippen LogP contribution in [0.5, 0.6) is 0 Å². The summed E-state index contributed by atoms with van der Waals surface area (Å²) in [5.41, 5.74) is 4.83. The number of nitro benzene ring substituents is 1. The van der Waals surface area contributed by atoms with Crippen LogP contribution in [0.15, 0.2) is 91.3 Å². The van der Waals surface area contributed by atoms with Crippen molar-refractivity contribution < 1.29 is 4.92 Å². The van der Waals surface area contributed by atoms with Crippen LogP contribution in [0.2, 0.25) is 0 Å². The first kappa shape index (κ1) is 23.6. The molecule has 0 unspecified atom stereocenters. The van der Waals surface area contributed by atoms with Gasteiger partial charge in [-0.2, -0.15) is 0 Å². The highest BCUT2D eigenvalue weighted by molar-refractivity contribution is 5.87. The minimum atomic E-state index is -0.493. The van der Waals surface area contributed by atoms with Crippen LogP contribution in [-0.2, 0) is 0 Å². The highest BCUT2D eigenvalue weighted by Crippen LogP contribution is 2.27. The van der Waals surface area contributed by atoms with Gasteiger partial charge in [0, 0.05) is 29.5 Å². The molecule has 5 rings (SSSR count). The van der Waals surface area contributed by atoms with Crippen molar-refractivity contribution in [1.82, 2.24) is 15.0 Å². The molecule has 0 saturated carbocycles. The third-order valence-electron chi connectivity index (χ3n) is 5.14. The van der Waals surface area contributed by atoms with Gasteiger partial charge >= 0.3 is 0 Å². The molecule has 0 spiro atoms. The smallest absolute Gasteiger partial charge is 0.266 e. The van der Waals surface area contributed by atoms with E-state index in [2.05, 4.69) is 24.6 Å². The highest BCUT2D eigenvalue weighted by atomic mass is 16.6. The van der Waals surface area contributed by atoms with Crippen LogP contribution >= 0.6 is 0 Å². The number of H-pyrrole nitrogens is 1. The van der Waals surface area contributed by atoms with Crippen molar-refractivity contribution in [2.45, 2.75) is 0 Å². The first-order valence-corrected chi connectivity index (χ1v) is 10.7. The Bertz CT molecular complexity index is 1630. The van der Waals surface area contributed by atoms with E-state index in [1.165, 1.54) is 6.07 Å². The van der Waals surface area contributed by atoms with Crippen LogP contribution in [-0.4, -0.2) is 19.9 Å². The molecule has 0 bridgehead atoms. The lowest BCUT2D eigenvalue weighted by atomic mass is 10.1. The molecule has 0 aliphatic carbocycles. The van der Waals surface area contributed by atoms with E-state index in [1.807, 2.05) is 48.5 Å². The summed E-state index contributed by atoms with van der Waals surface area (Å²) in [6.45, 7) is 13.9. The Morgan fingerprint density at radius 3 is 2.22 bits per heavy atom. The summed E-state index contributed by atoms with van der Waals surface area (Å²) in [4.78, 5) is 28.7. The lowest BCUT2D eigenvalue weighted by molar-refractivity contribution is -0.385. The van der Waals surface area contributed by atoms with Gasteiger partial charge in [0.1, 0.15) is 0 Å². The van der Waals surface area contributed by atoms with Gasteiger partial charge in [-0.05, 0) is 53.9 Å². The van der Waals surface area contributed by atoms with E-state index < -0.39 is 4.92 Å². The Morgan fingerprint density at radius 1 is 0.833 bits per heavy atom. The zero-order chi connectivity index (χ0) is 25.3. The van der Waals surface area contributed by atoms with E-state index in [4.69, 9.17) is 13.1 Å². The summed E-state index contributed by atoms with van der Waals surface area (Å²) >= 11 is 0. The van der Waals surface area contributed by atoms with Crippen molar-refractivity contribution in [2.75, 3.05) is 0 Å². The summed E-state index contributed by atoms with van der Waals surface area (Å²) in [7, 11) is 0. The summed E-state index contributed by atoms with van der Waals surface area (Å²) in [5.74, 6) is 0. The molecule has 8 heteroatoms. The van der Waals surface area contributed by atoms with Crippen molar-refractivity contribution >= 4 is 40.1 Å². The average molecular weight is 470 g/mol. The number of nitrogens with zero attached hydrogens (tertiary/aromatic N) is 5. The third kappa shape index (κ3) is 5.66. The summed E-state index contributed by atoms with van der Waals surface area (Å²) in [6.07, 6.45) is 6.73. The molecule has 0 atom stereocenters. The van der Waals surface area contributed by atoms with Gasteiger partial charge in [-0.25, -0.2) is 9.69 Å². The summed E-state index contributed by atoms with van der Waals surface area (Å²) < 4.78 is 0. The van der Waals surface area contributed by atoms with Gasteiger partial charge in [-0.3, -0.25) is 20.1 Å². The highest BCUT2D eigenvalue weighted by Gasteiger charge is 2.12. The number of pyridine rings is 2. The number of hydrogen-bond donors (Lipinski definition) is 1. The molecule has 36 heavy (non-hydrogen) atoms. The molecule has 0 aliphatic heterocycles. The number of nitro groups is 1. The lowest BCUT2D eigenvalue weighted by Gasteiger charge is -1.98. The molecule has 0 saturated heterocycles. The van der Waals surface area contributed by atoms with Crippen LogP contribution in [0.4, 0.5) is 17.1 Å². The number of fused-ring (bicyclic) bond motifs is 1. The SMILES string of the molecule is [C-]#[N+]c1ccc(/C=C/c2ccccn2)c([N+](=O)[O-])c1.[C-]#[N+]c1ccc2cc(-c3ccccn3)[nH]c2c1. The molecular weight excluding hydrogens is 452 g/mol. The Labute approximate surface area is 207 Å². The maximum Gasteiger partial charge on any atom is 0.266 e. The molecule has 0 fully saturated rings. The number of benzene rings is 2. The molecule has 2 aromatic carbocycles. The molecule has 3 aromatic heterocycles. The number of aromatic amines is 1. The first-order valence-electron chi connectivity index (χ1n) is 10.7. The van der Waals surface area contributed by atoms with Crippen LogP contribution in [0.3, 0.4) is 0 Å². The minimum Gasteiger partial charge on any atom is -0.354 e. The number of aromatic nitrogens is 3. The number of rotatable bonds is 4. The van der Waals surface area contributed by atoms with Crippen LogP contribution in [0.25, 0.3) is 44.1 Å². The minimum absolute atomic E-state index is 0.0827. The fourth-order valence-electron chi connectivity index (χ4n) is 3.40. The predicted octanol–water partition coefficient (Wildman–Crippen LogP) is 7.49. The fourth-order valence-corrected chi connectivity index (χ4v) is 3.40. The quantitative estimate of drug-likeness (QED) is 0.167.